The zero-order chi connectivity index (χ0) is 12.3. The largest absolute Gasteiger partial charge is 0.478 e. The maximum atomic E-state index is 11.4. The number of rotatable bonds is 4. The van der Waals surface area contributed by atoms with E-state index >= 15 is 0 Å². The third kappa shape index (κ3) is 2.93. The molecule has 16 heavy (non-hydrogen) atoms. The molecule has 0 aliphatic carbocycles. The highest BCUT2D eigenvalue weighted by Gasteiger charge is 2.34. The molecule has 1 amide bonds. The maximum absolute atomic E-state index is 11.4. The minimum absolute atomic E-state index is 0.214. The highest BCUT2D eigenvalue weighted by Crippen LogP contribution is 2.10. The second kappa shape index (κ2) is 4.93. The van der Waals surface area contributed by atoms with Crippen LogP contribution in [0.5, 0.6) is 0 Å². The highest BCUT2D eigenvalue weighted by atomic mass is 16.6. The number of hydrogen-bond donors (Lipinski definition) is 3. The molecule has 1 saturated heterocycles. The highest BCUT2D eigenvalue weighted by molar-refractivity contribution is 5.89. The van der Waals surface area contributed by atoms with E-state index in [9.17, 15) is 14.4 Å². The molecule has 0 spiro atoms. The van der Waals surface area contributed by atoms with Crippen LogP contribution in [0.4, 0.5) is 0 Å². The van der Waals surface area contributed by atoms with Gasteiger partial charge in [-0.3, -0.25) is 4.79 Å². The molecule has 2 unspecified atom stereocenters. The van der Waals surface area contributed by atoms with Gasteiger partial charge in [-0.2, -0.15) is 0 Å². The van der Waals surface area contributed by atoms with Gasteiger partial charge in [0.2, 0.25) is 12.0 Å². The molecule has 0 aromatic heterocycles. The third-order valence-electron chi connectivity index (χ3n) is 2.20. The summed E-state index contributed by atoms with van der Waals surface area (Å²) >= 11 is 0. The number of ether oxygens (including phenoxy) is 1. The summed E-state index contributed by atoms with van der Waals surface area (Å²) < 4.78 is 4.60. The quantitative estimate of drug-likeness (QED) is 0.515. The van der Waals surface area contributed by atoms with Crippen LogP contribution in [-0.4, -0.2) is 46.3 Å². The lowest BCUT2D eigenvalue weighted by Crippen LogP contribution is -2.42. The molecule has 7 heteroatoms. The van der Waals surface area contributed by atoms with Crippen molar-refractivity contribution in [2.75, 3.05) is 0 Å². The van der Waals surface area contributed by atoms with Crippen LogP contribution >= 0.6 is 0 Å². The fourth-order valence-corrected chi connectivity index (χ4v) is 1.35. The van der Waals surface area contributed by atoms with Crippen LogP contribution in [-0.2, 0) is 19.1 Å². The van der Waals surface area contributed by atoms with Crippen molar-refractivity contribution >= 4 is 17.8 Å². The number of carboxylic acid groups (broad SMARTS) is 1. The molecule has 90 valence electrons. The Bertz CT molecular complexity index is 313. The Morgan fingerprint density at radius 3 is 2.56 bits per heavy atom. The Hall–Kier alpha value is -1.63. The lowest BCUT2D eigenvalue weighted by Gasteiger charge is -2.18. The summed E-state index contributed by atoms with van der Waals surface area (Å²) in [7, 11) is 0. The molecule has 0 saturated carbocycles. The summed E-state index contributed by atoms with van der Waals surface area (Å²) in [6, 6.07) is -0.812. The normalized spacial score (nSPS) is 23.4. The van der Waals surface area contributed by atoms with Gasteiger partial charge in [-0.1, -0.05) is 0 Å². The fourth-order valence-electron chi connectivity index (χ4n) is 1.35. The van der Waals surface area contributed by atoms with Gasteiger partial charge in [-0.25, -0.2) is 9.59 Å². The monoisotopic (exact) mass is 231 g/mol. The van der Waals surface area contributed by atoms with E-state index in [1.54, 1.807) is 0 Å². The predicted molar refractivity (Wildman–Crippen MR) is 50.4 cm³/mol. The zero-order valence-corrected chi connectivity index (χ0v) is 8.67. The van der Waals surface area contributed by atoms with Crippen molar-refractivity contribution < 1.29 is 29.3 Å². The molecule has 1 aliphatic heterocycles. The molecular formula is C9H13NO6. The molecule has 0 aromatic carbocycles. The molecule has 0 aromatic rings. The van der Waals surface area contributed by atoms with Crippen LogP contribution in [0, 0.1) is 0 Å². The van der Waals surface area contributed by atoms with E-state index in [0.29, 0.717) is 0 Å². The topological polar surface area (TPSA) is 113 Å². The van der Waals surface area contributed by atoms with Crippen LogP contribution in [0.15, 0.2) is 0 Å². The van der Waals surface area contributed by atoms with E-state index in [4.69, 9.17) is 10.2 Å². The Morgan fingerprint density at radius 1 is 1.56 bits per heavy atom. The predicted octanol–water partition coefficient (Wildman–Crippen LogP) is -1.36. The Balaban J connectivity index is 2.55. The summed E-state index contributed by atoms with van der Waals surface area (Å²) in [5.74, 6) is -2.53. The molecule has 0 radical (unpaired) electrons. The number of amides is 1. The number of carboxylic acids is 1. The van der Waals surface area contributed by atoms with E-state index < -0.39 is 30.2 Å². The smallest absolute Gasteiger partial charge is 0.347 e. The molecule has 3 N–H and O–H groups in total. The van der Waals surface area contributed by atoms with Crippen LogP contribution in [0.2, 0.25) is 0 Å². The first-order chi connectivity index (χ1) is 7.41. The number of aliphatic carboxylic acids is 1. The molecule has 1 rings (SSSR count). The van der Waals surface area contributed by atoms with Gasteiger partial charge in [0.25, 0.3) is 0 Å². The van der Waals surface area contributed by atoms with Gasteiger partial charge in [-0.05, 0) is 13.3 Å². The van der Waals surface area contributed by atoms with E-state index in [-0.39, 0.29) is 18.7 Å². The van der Waals surface area contributed by atoms with E-state index in [2.05, 4.69) is 10.1 Å². The van der Waals surface area contributed by atoms with Gasteiger partial charge in [0.15, 0.2) is 0 Å². The first-order valence-electron chi connectivity index (χ1n) is 4.82. The second-order valence-corrected chi connectivity index (χ2v) is 3.60. The molecule has 7 nitrogen and oxygen atoms in total. The van der Waals surface area contributed by atoms with E-state index in [1.165, 1.54) is 6.92 Å². The van der Waals surface area contributed by atoms with Crippen molar-refractivity contribution in [2.24, 2.45) is 0 Å². The number of carbonyl (C=O) groups excluding carboxylic acids is 2. The number of aliphatic hydroxyl groups excluding tert-OH is 1. The molecule has 3 atom stereocenters. The van der Waals surface area contributed by atoms with E-state index in [0.717, 1.165) is 0 Å². The molecular weight excluding hydrogens is 218 g/mol. The first-order valence-corrected chi connectivity index (χ1v) is 4.82. The number of aliphatic hydroxyl groups is 1. The van der Waals surface area contributed by atoms with Crippen LogP contribution in [0.1, 0.15) is 19.8 Å². The van der Waals surface area contributed by atoms with Crippen molar-refractivity contribution in [3.63, 3.8) is 0 Å². The van der Waals surface area contributed by atoms with Gasteiger partial charge in [0.05, 0.1) is 6.10 Å². The summed E-state index contributed by atoms with van der Waals surface area (Å²) in [5, 5.41) is 20.1. The molecule has 0 bridgehead atoms. The zero-order valence-electron chi connectivity index (χ0n) is 8.67. The number of hydrogen-bond acceptors (Lipinski definition) is 5. The Kier molecular flexibility index (Phi) is 3.83. The summed E-state index contributed by atoms with van der Waals surface area (Å²) in [6.45, 7) is 1.21. The van der Waals surface area contributed by atoms with Crippen molar-refractivity contribution in [1.29, 1.82) is 0 Å². The minimum Gasteiger partial charge on any atom is -0.478 e. The van der Waals surface area contributed by atoms with Crippen LogP contribution in [0.25, 0.3) is 0 Å². The summed E-state index contributed by atoms with van der Waals surface area (Å²) in [6.07, 6.45) is -2.42. The van der Waals surface area contributed by atoms with Gasteiger partial charge < -0.3 is 20.3 Å². The van der Waals surface area contributed by atoms with E-state index in [1.807, 2.05) is 0 Å². The maximum Gasteiger partial charge on any atom is 0.347 e. The second-order valence-electron chi connectivity index (χ2n) is 3.60. The lowest BCUT2D eigenvalue weighted by molar-refractivity contribution is -0.172. The van der Waals surface area contributed by atoms with Crippen LogP contribution < -0.4 is 5.32 Å². The van der Waals surface area contributed by atoms with Gasteiger partial charge in [0.1, 0.15) is 6.04 Å². The lowest BCUT2D eigenvalue weighted by atomic mass is 10.2. The number of carbonyl (C=O) groups is 3. The van der Waals surface area contributed by atoms with Gasteiger partial charge in [0, 0.05) is 6.42 Å². The average molecular weight is 231 g/mol. The third-order valence-corrected chi connectivity index (χ3v) is 2.20. The summed E-state index contributed by atoms with van der Waals surface area (Å²) in [4.78, 5) is 32.9. The molecule has 1 heterocycles. The molecule has 1 fully saturated rings. The van der Waals surface area contributed by atoms with Crippen molar-refractivity contribution in [2.45, 2.75) is 38.0 Å². The SMILES string of the molecule is CC(O)C(OC(=O)[C@@H]1CCC(=O)N1)C(=O)O. The fraction of sp³-hybridized carbons (Fsp3) is 0.667. The van der Waals surface area contributed by atoms with Crippen LogP contribution in [0.3, 0.4) is 0 Å². The van der Waals surface area contributed by atoms with Crippen molar-refractivity contribution in [1.82, 2.24) is 5.32 Å². The molecule has 1 aliphatic rings. The average Bonchev–Trinajstić information content (AvgIpc) is 2.59. The van der Waals surface area contributed by atoms with Gasteiger partial charge >= 0.3 is 11.9 Å². The standard InChI is InChI=1S/C9H13NO6/c1-4(11)7(8(13)14)16-9(15)5-2-3-6(12)10-5/h4-5,7,11H,2-3H2,1H3,(H,10,12)(H,13,14)/t4?,5-,7?/m0/s1. The van der Waals surface area contributed by atoms with Crippen molar-refractivity contribution in [3.05, 3.63) is 0 Å². The minimum atomic E-state index is -1.61. The van der Waals surface area contributed by atoms with Crippen molar-refractivity contribution in [3.8, 4) is 0 Å². The van der Waals surface area contributed by atoms with Gasteiger partial charge in [-0.15, -0.1) is 0 Å². The first kappa shape index (κ1) is 12.4. The Labute approximate surface area is 91.4 Å². The summed E-state index contributed by atoms with van der Waals surface area (Å²) in [5.41, 5.74) is 0. The number of nitrogens with one attached hydrogen (secondary N) is 1. The number of esters is 1. The Morgan fingerprint density at radius 2 is 2.19 bits per heavy atom.